The Morgan fingerprint density at radius 1 is 1.56 bits per heavy atom. The number of nitrogen functional groups attached to an aromatic ring is 1. The molecule has 0 bridgehead atoms. The van der Waals surface area contributed by atoms with E-state index in [1.807, 2.05) is 0 Å². The zero-order chi connectivity index (χ0) is 12.2. The summed E-state index contributed by atoms with van der Waals surface area (Å²) in [5.74, 6) is 2.27. The molecule has 0 unspecified atom stereocenters. The van der Waals surface area contributed by atoms with Crippen molar-refractivity contribution in [1.29, 1.82) is 0 Å². The lowest BCUT2D eigenvalue weighted by Gasteiger charge is -2.15. The second-order valence-electron chi connectivity index (χ2n) is 3.24. The van der Waals surface area contributed by atoms with E-state index in [9.17, 15) is 8.78 Å². The number of aliphatic hydroxyl groups excluding tert-OH is 1. The lowest BCUT2D eigenvalue weighted by atomic mass is 10.3. The van der Waals surface area contributed by atoms with E-state index < -0.39 is 19.1 Å². The molecule has 0 amide bonds. The Bertz CT molecular complexity index is 360. The number of aryl methyl sites for hydroxylation is 1. The fraction of sp³-hybridized carbons (Fsp3) is 0.500. The normalized spacial score (nSPS) is 11.3. The van der Waals surface area contributed by atoms with Crippen LogP contribution in [0.3, 0.4) is 0 Å². The van der Waals surface area contributed by atoms with Crippen LogP contribution in [0.25, 0.3) is 0 Å². The summed E-state index contributed by atoms with van der Waals surface area (Å²) < 4.78 is 25.5. The van der Waals surface area contributed by atoms with Crippen molar-refractivity contribution in [3.8, 4) is 0 Å². The van der Waals surface area contributed by atoms with E-state index in [4.69, 9.17) is 10.9 Å². The average molecular weight is 233 g/mol. The van der Waals surface area contributed by atoms with E-state index in [1.165, 1.54) is 6.20 Å². The van der Waals surface area contributed by atoms with Crippen LogP contribution < -0.4 is 16.6 Å². The van der Waals surface area contributed by atoms with Gasteiger partial charge in [-0.3, -0.25) is 5.43 Å². The fourth-order valence-corrected chi connectivity index (χ4v) is 0.959. The van der Waals surface area contributed by atoms with E-state index in [0.29, 0.717) is 5.56 Å². The van der Waals surface area contributed by atoms with Crippen LogP contribution >= 0.6 is 0 Å². The summed E-state index contributed by atoms with van der Waals surface area (Å²) >= 11 is 0. The van der Waals surface area contributed by atoms with Crippen molar-refractivity contribution in [3.63, 3.8) is 0 Å². The molecule has 1 aromatic rings. The van der Waals surface area contributed by atoms with Crippen LogP contribution in [0.4, 0.5) is 20.5 Å². The van der Waals surface area contributed by atoms with Gasteiger partial charge < -0.3 is 10.4 Å². The number of rotatable bonds is 5. The molecule has 90 valence electrons. The molecule has 6 nitrogen and oxygen atoms in total. The van der Waals surface area contributed by atoms with Crippen molar-refractivity contribution in [2.45, 2.75) is 12.8 Å². The highest BCUT2D eigenvalue weighted by Gasteiger charge is 2.27. The zero-order valence-electron chi connectivity index (χ0n) is 8.67. The van der Waals surface area contributed by atoms with Gasteiger partial charge in [-0.15, -0.1) is 0 Å². The van der Waals surface area contributed by atoms with Gasteiger partial charge in [0.1, 0.15) is 12.4 Å². The van der Waals surface area contributed by atoms with Gasteiger partial charge in [-0.05, 0) is 6.92 Å². The number of nitrogens with one attached hydrogen (secondary N) is 2. The van der Waals surface area contributed by atoms with Crippen molar-refractivity contribution >= 4 is 11.8 Å². The third-order valence-corrected chi connectivity index (χ3v) is 1.85. The second kappa shape index (κ2) is 4.99. The highest BCUT2D eigenvalue weighted by atomic mass is 19.3. The monoisotopic (exact) mass is 233 g/mol. The van der Waals surface area contributed by atoms with Gasteiger partial charge in [-0.2, -0.15) is 4.98 Å². The lowest BCUT2D eigenvalue weighted by molar-refractivity contribution is -0.0373. The first kappa shape index (κ1) is 12.5. The Balaban J connectivity index is 2.73. The van der Waals surface area contributed by atoms with Gasteiger partial charge in [0.25, 0.3) is 5.92 Å². The van der Waals surface area contributed by atoms with Crippen molar-refractivity contribution in [2.24, 2.45) is 5.84 Å². The molecular weight excluding hydrogens is 220 g/mol. The molecule has 0 aliphatic carbocycles. The molecule has 8 heteroatoms. The molecule has 1 aromatic heterocycles. The number of alkyl halides is 2. The number of nitrogens with zero attached hydrogens (tertiary/aromatic N) is 2. The maximum atomic E-state index is 12.8. The van der Waals surface area contributed by atoms with Crippen LogP contribution in [0.1, 0.15) is 5.56 Å². The number of aromatic nitrogens is 2. The highest BCUT2D eigenvalue weighted by molar-refractivity contribution is 5.46. The van der Waals surface area contributed by atoms with Crippen LogP contribution in [0.5, 0.6) is 0 Å². The second-order valence-corrected chi connectivity index (χ2v) is 3.24. The summed E-state index contributed by atoms with van der Waals surface area (Å²) in [7, 11) is 0. The van der Waals surface area contributed by atoms with E-state index in [0.717, 1.165) is 0 Å². The summed E-state index contributed by atoms with van der Waals surface area (Å²) in [5, 5.41) is 10.8. The molecule has 0 saturated carbocycles. The van der Waals surface area contributed by atoms with Crippen molar-refractivity contribution < 1.29 is 13.9 Å². The molecule has 0 radical (unpaired) electrons. The summed E-state index contributed by atoms with van der Waals surface area (Å²) in [6.45, 7) is -0.253. The zero-order valence-corrected chi connectivity index (χ0v) is 8.67. The molecule has 0 saturated heterocycles. The Kier molecular flexibility index (Phi) is 3.91. The number of hydrazine groups is 1. The molecule has 0 aromatic carbocycles. The van der Waals surface area contributed by atoms with Crippen LogP contribution in [-0.4, -0.2) is 34.1 Å². The van der Waals surface area contributed by atoms with Gasteiger partial charge in [-0.25, -0.2) is 19.6 Å². The minimum atomic E-state index is -3.19. The quantitative estimate of drug-likeness (QED) is 0.426. The molecular formula is C8H13F2N5O. The maximum Gasteiger partial charge on any atom is 0.287 e. The summed E-state index contributed by atoms with van der Waals surface area (Å²) in [4.78, 5) is 7.65. The number of hydrogen-bond donors (Lipinski definition) is 4. The van der Waals surface area contributed by atoms with Crippen molar-refractivity contribution in [1.82, 2.24) is 9.97 Å². The molecule has 16 heavy (non-hydrogen) atoms. The van der Waals surface area contributed by atoms with E-state index in [-0.39, 0.29) is 11.8 Å². The topological polar surface area (TPSA) is 96.1 Å². The van der Waals surface area contributed by atoms with Crippen LogP contribution in [-0.2, 0) is 0 Å². The first-order chi connectivity index (χ1) is 7.48. The molecule has 0 fully saturated rings. The summed E-state index contributed by atoms with van der Waals surface area (Å²) in [6, 6.07) is 0. The van der Waals surface area contributed by atoms with Crippen molar-refractivity contribution in [2.75, 3.05) is 23.9 Å². The van der Waals surface area contributed by atoms with Crippen LogP contribution in [0.15, 0.2) is 6.20 Å². The lowest BCUT2D eigenvalue weighted by Crippen LogP contribution is -2.31. The predicted molar refractivity (Wildman–Crippen MR) is 55.1 cm³/mol. The van der Waals surface area contributed by atoms with Gasteiger partial charge in [-0.1, -0.05) is 0 Å². The minimum absolute atomic E-state index is 0.125. The first-order valence-electron chi connectivity index (χ1n) is 4.51. The Morgan fingerprint density at radius 2 is 2.25 bits per heavy atom. The number of halogens is 2. The number of nitrogens with two attached hydrogens (primary N) is 1. The Morgan fingerprint density at radius 3 is 2.81 bits per heavy atom. The van der Waals surface area contributed by atoms with Crippen LogP contribution in [0, 0.1) is 6.92 Å². The van der Waals surface area contributed by atoms with Gasteiger partial charge in [0.2, 0.25) is 5.95 Å². The summed E-state index contributed by atoms with van der Waals surface area (Å²) in [5.41, 5.74) is 2.81. The SMILES string of the molecule is Cc1cnc(NN)nc1NCC(F)(F)CO. The number of hydrogen-bond acceptors (Lipinski definition) is 6. The smallest absolute Gasteiger partial charge is 0.287 e. The number of aliphatic hydroxyl groups is 1. The standard InChI is InChI=1S/C8H13F2N5O/c1-5-2-12-7(15-11)14-6(5)13-3-8(9,10)4-16/h2,16H,3-4,11H2,1H3,(H2,12,13,14,15). The van der Waals surface area contributed by atoms with Crippen molar-refractivity contribution in [3.05, 3.63) is 11.8 Å². The summed E-state index contributed by atoms with van der Waals surface area (Å²) in [6.07, 6.45) is 1.45. The van der Waals surface area contributed by atoms with Gasteiger partial charge >= 0.3 is 0 Å². The molecule has 1 heterocycles. The minimum Gasteiger partial charge on any atom is -0.390 e. The third-order valence-electron chi connectivity index (χ3n) is 1.85. The molecule has 5 N–H and O–H groups in total. The average Bonchev–Trinajstić information content (AvgIpc) is 2.28. The number of anilines is 2. The van der Waals surface area contributed by atoms with E-state index >= 15 is 0 Å². The van der Waals surface area contributed by atoms with Gasteiger partial charge in [0.15, 0.2) is 0 Å². The third kappa shape index (κ3) is 3.24. The molecule has 0 spiro atoms. The maximum absolute atomic E-state index is 12.8. The van der Waals surface area contributed by atoms with E-state index in [2.05, 4.69) is 20.7 Å². The largest absolute Gasteiger partial charge is 0.390 e. The predicted octanol–water partition coefficient (Wildman–Crippen LogP) is 0.110. The van der Waals surface area contributed by atoms with Gasteiger partial charge in [0, 0.05) is 11.8 Å². The Hall–Kier alpha value is -1.54. The Labute approximate surface area is 90.9 Å². The van der Waals surface area contributed by atoms with Gasteiger partial charge in [0.05, 0.1) is 6.54 Å². The molecule has 0 aliphatic rings. The molecule has 0 atom stereocenters. The first-order valence-corrected chi connectivity index (χ1v) is 4.51. The molecule has 0 aliphatic heterocycles. The van der Waals surface area contributed by atoms with E-state index in [1.54, 1.807) is 6.92 Å². The molecule has 1 rings (SSSR count). The fourth-order valence-electron chi connectivity index (χ4n) is 0.959. The van der Waals surface area contributed by atoms with Crippen LogP contribution in [0.2, 0.25) is 0 Å². The highest BCUT2D eigenvalue weighted by Crippen LogP contribution is 2.16.